The van der Waals surface area contributed by atoms with Crippen molar-refractivity contribution in [1.29, 1.82) is 0 Å². The molecule has 0 unspecified atom stereocenters. The molecule has 0 bridgehead atoms. The Morgan fingerprint density at radius 1 is 0.875 bits per heavy atom. The number of nitrogens with zero attached hydrogens (tertiary/aromatic N) is 1. The van der Waals surface area contributed by atoms with E-state index in [1.807, 2.05) is 81.4 Å². The number of benzene rings is 3. The fourth-order valence-electron chi connectivity index (χ4n) is 3.63. The van der Waals surface area contributed by atoms with Crippen molar-refractivity contribution in [3.63, 3.8) is 0 Å². The van der Waals surface area contributed by atoms with E-state index in [1.54, 1.807) is 18.0 Å². The largest absolute Gasteiger partial charge is 0.324 e. The Kier molecular flexibility index (Phi) is 7.67. The van der Waals surface area contributed by atoms with E-state index in [4.69, 9.17) is 11.6 Å². The van der Waals surface area contributed by atoms with Crippen LogP contribution in [-0.2, 0) is 9.59 Å². The Morgan fingerprint density at radius 3 is 2.16 bits per heavy atom. The van der Waals surface area contributed by atoms with E-state index in [1.165, 1.54) is 0 Å². The molecule has 5 nitrogen and oxygen atoms in total. The standard InChI is InChI=1S/C26H28ClN3O2/c1-17-13-14-21(15-22(17)27)28-26(32)25(20-11-6-5-7-12-20)30(4)16-23(31)29-24-18(2)9-8-10-19(24)3/h5-15,25H,16H2,1-4H3,(H,28,32)(H,29,31)/t25-/m0/s1. The van der Waals surface area contributed by atoms with Gasteiger partial charge in [0.15, 0.2) is 0 Å². The molecule has 0 aliphatic heterocycles. The molecule has 0 aliphatic rings. The van der Waals surface area contributed by atoms with Crippen LogP contribution in [0, 0.1) is 20.8 Å². The van der Waals surface area contributed by atoms with Crippen molar-refractivity contribution in [3.05, 3.63) is 94.0 Å². The van der Waals surface area contributed by atoms with Gasteiger partial charge in [0.1, 0.15) is 6.04 Å². The Labute approximate surface area is 194 Å². The summed E-state index contributed by atoms with van der Waals surface area (Å²) in [6.07, 6.45) is 0. The number of hydrogen-bond donors (Lipinski definition) is 2. The SMILES string of the molecule is Cc1ccc(NC(=O)[C@H](c2ccccc2)N(C)CC(=O)Nc2c(C)cccc2C)cc1Cl. The van der Waals surface area contributed by atoms with Crippen molar-refractivity contribution in [3.8, 4) is 0 Å². The molecule has 166 valence electrons. The number of nitrogens with one attached hydrogen (secondary N) is 2. The molecule has 0 saturated carbocycles. The van der Waals surface area contributed by atoms with Crippen LogP contribution in [0.2, 0.25) is 5.02 Å². The van der Waals surface area contributed by atoms with E-state index in [0.29, 0.717) is 10.7 Å². The van der Waals surface area contributed by atoms with E-state index in [0.717, 1.165) is 27.9 Å². The molecule has 0 spiro atoms. The predicted molar refractivity (Wildman–Crippen MR) is 131 cm³/mol. The first-order valence-corrected chi connectivity index (χ1v) is 10.8. The summed E-state index contributed by atoms with van der Waals surface area (Å²) in [7, 11) is 1.77. The predicted octanol–water partition coefficient (Wildman–Crippen LogP) is 5.52. The highest BCUT2D eigenvalue weighted by Gasteiger charge is 2.27. The van der Waals surface area contributed by atoms with Crippen molar-refractivity contribution < 1.29 is 9.59 Å². The molecule has 32 heavy (non-hydrogen) atoms. The van der Waals surface area contributed by atoms with Gasteiger partial charge in [-0.15, -0.1) is 0 Å². The Bertz CT molecular complexity index is 1100. The normalized spacial score (nSPS) is 11.8. The number of halogens is 1. The first-order chi connectivity index (χ1) is 15.3. The summed E-state index contributed by atoms with van der Waals surface area (Å²) in [5.41, 5.74) is 5.14. The number of anilines is 2. The molecule has 0 fully saturated rings. The molecule has 2 N–H and O–H groups in total. The fourth-order valence-corrected chi connectivity index (χ4v) is 3.81. The zero-order valence-corrected chi connectivity index (χ0v) is 19.5. The van der Waals surface area contributed by atoms with Crippen molar-refractivity contribution >= 4 is 34.8 Å². The molecule has 0 heterocycles. The van der Waals surface area contributed by atoms with Gasteiger partial charge >= 0.3 is 0 Å². The molecule has 1 atom stereocenters. The number of rotatable bonds is 7. The summed E-state index contributed by atoms with van der Waals surface area (Å²) >= 11 is 6.21. The van der Waals surface area contributed by atoms with Gasteiger partial charge in [-0.05, 0) is 62.2 Å². The van der Waals surface area contributed by atoms with Crippen LogP contribution in [0.4, 0.5) is 11.4 Å². The molecule has 0 aliphatic carbocycles. The van der Waals surface area contributed by atoms with Gasteiger partial charge in [-0.2, -0.15) is 0 Å². The molecule has 0 radical (unpaired) electrons. The number of likely N-dealkylation sites (N-methyl/N-ethyl adjacent to an activating group) is 1. The molecular weight excluding hydrogens is 422 g/mol. The van der Waals surface area contributed by atoms with Crippen LogP contribution in [0.25, 0.3) is 0 Å². The second kappa shape index (κ2) is 10.4. The average molecular weight is 450 g/mol. The number of amides is 2. The van der Waals surface area contributed by atoms with E-state index in [2.05, 4.69) is 10.6 Å². The zero-order chi connectivity index (χ0) is 23.3. The quantitative estimate of drug-likeness (QED) is 0.499. The number of para-hydroxylation sites is 1. The first kappa shape index (κ1) is 23.5. The Hall–Kier alpha value is -3.15. The van der Waals surface area contributed by atoms with Gasteiger partial charge in [0.25, 0.3) is 0 Å². The molecule has 0 saturated heterocycles. The number of carbonyl (C=O) groups is 2. The average Bonchev–Trinajstić information content (AvgIpc) is 2.74. The van der Waals surface area contributed by atoms with Gasteiger partial charge in [0.05, 0.1) is 6.54 Å². The smallest absolute Gasteiger partial charge is 0.246 e. The van der Waals surface area contributed by atoms with Crippen LogP contribution in [0.3, 0.4) is 0 Å². The summed E-state index contributed by atoms with van der Waals surface area (Å²) in [6.45, 7) is 5.87. The van der Waals surface area contributed by atoms with Gasteiger partial charge in [0, 0.05) is 16.4 Å². The first-order valence-electron chi connectivity index (χ1n) is 10.4. The van der Waals surface area contributed by atoms with Crippen molar-refractivity contribution in [2.75, 3.05) is 24.2 Å². The lowest BCUT2D eigenvalue weighted by molar-refractivity contribution is -0.123. The third-order valence-corrected chi connectivity index (χ3v) is 5.79. The number of carbonyl (C=O) groups excluding carboxylic acids is 2. The highest BCUT2D eigenvalue weighted by Crippen LogP contribution is 2.25. The monoisotopic (exact) mass is 449 g/mol. The second-order valence-corrected chi connectivity index (χ2v) is 8.40. The molecule has 3 rings (SSSR count). The van der Waals surface area contributed by atoms with E-state index >= 15 is 0 Å². The molecule has 0 aromatic heterocycles. The summed E-state index contributed by atoms with van der Waals surface area (Å²) in [5, 5.41) is 6.51. The lowest BCUT2D eigenvalue weighted by Gasteiger charge is -2.27. The lowest BCUT2D eigenvalue weighted by atomic mass is 10.0. The maximum absolute atomic E-state index is 13.3. The number of aryl methyl sites for hydroxylation is 3. The summed E-state index contributed by atoms with van der Waals surface area (Å²) in [6, 6.07) is 20.0. The van der Waals surface area contributed by atoms with E-state index in [-0.39, 0.29) is 18.4 Å². The van der Waals surface area contributed by atoms with E-state index in [9.17, 15) is 9.59 Å². The number of hydrogen-bond acceptors (Lipinski definition) is 3. The summed E-state index contributed by atoms with van der Waals surface area (Å²) in [5.74, 6) is -0.421. The zero-order valence-electron chi connectivity index (χ0n) is 18.8. The summed E-state index contributed by atoms with van der Waals surface area (Å²) in [4.78, 5) is 27.8. The minimum absolute atomic E-state index is 0.0510. The maximum Gasteiger partial charge on any atom is 0.246 e. The minimum atomic E-state index is -0.653. The fraction of sp³-hybridized carbons (Fsp3) is 0.231. The highest BCUT2D eigenvalue weighted by atomic mass is 35.5. The van der Waals surface area contributed by atoms with Crippen molar-refractivity contribution in [2.24, 2.45) is 0 Å². The maximum atomic E-state index is 13.3. The van der Waals surface area contributed by atoms with Gasteiger partial charge in [0.2, 0.25) is 11.8 Å². The Morgan fingerprint density at radius 2 is 1.53 bits per heavy atom. The van der Waals surface area contributed by atoms with Crippen molar-refractivity contribution in [1.82, 2.24) is 4.90 Å². The molecule has 2 amide bonds. The third kappa shape index (κ3) is 5.75. The third-order valence-electron chi connectivity index (χ3n) is 5.38. The van der Waals surface area contributed by atoms with Crippen molar-refractivity contribution in [2.45, 2.75) is 26.8 Å². The molecule has 6 heteroatoms. The van der Waals surface area contributed by atoms with Crippen LogP contribution in [0.15, 0.2) is 66.7 Å². The molecular formula is C26H28ClN3O2. The van der Waals surface area contributed by atoms with Crippen LogP contribution in [0.5, 0.6) is 0 Å². The minimum Gasteiger partial charge on any atom is -0.324 e. The van der Waals surface area contributed by atoms with E-state index < -0.39 is 6.04 Å². The second-order valence-electron chi connectivity index (χ2n) is 8.00. The lowest BCUT2D eigenvalue weighted by Crippen LogP contribution is -2.39. The van der Waals surface area contributed by atoms with Gasteiger partial charge in [-0.3, -0.25) is 14.5 Å². The molecule has 3 aromatic carbocycles. The van der Waals surface area contributed by atoms with Gasteiger partial charge < -0.3 is 10.6 Å². The van der Waals surface area contributed by atoms with Gasteiger partial charge in [-0.25, -0.2) is 0 Å². The summed E-state index contributed by atoms with van der Waals surface area (Å²) < 4.78 is 0. The van der Waals surface area contributed by atoms with Crippen LogP contribution in [0.1, 0.15) is 28.3 Å². The van der Waals surface area contributed by atoms with Gasteiger partial charge in [-0.1, -0.05) is 66.2 Å². The van der Waals surface area contributed by atoms with Crippen LogP contribution in [-0.4, -0.2) is 30.3 Å². The Balaban J connectivity index is 1.79. The van der Waals surface area contributed by atoms with Crippen LogP contribution >= 0.6 is 11.6 Å². The van der Waals surface area contributed by atoms with Crippen LogP contribution < -0.4 is 10.6 Å². The topological polar surface area (TPSA) is 61.4 Å². The molecule has 3 aromatic rings. The highest BCUT2D eigenvalue weighted by molar-refractivity contribution is 6.31.